The van der Waals surface area contributed by atoms with E-state index < -0.39 is 0 Å². The van der Waals surface area contributed by atoms with Crippen molar-refractivity contribution in [2.75, 3.05) is 40.3 Å². The van der Waals surface area contributed by atoms with Gasteiger partial charge in [0.15, 0.2) is 0 Å². The quantitative estimate of drug-likeness (QED) is 0.853. The SMILES string of the molecule is CC(=O)N1CCC(N2C[C@@H](N(C)C)[C@H](c3ccc(C)o3)C2)CC1. The molecule has 128 valence electrons. The molecule has 2 saturated heterocycles. The minimum absolute atomic E-state index is 0.208. The Morgan fingerprint density at radius 3 is 2.43 bits per heavy atom. The Kier molecular flexibility index (Phi) is 4.78. The molecule has 2 fully saturated rings. The van der Waals surface area contributed by atoms with Crippen LogP contribution in [0.4, 0.5) is 0 Å². The maximum atomic E-state index is 11.5. The van der Waals surface area contributed by atoms with Crippen LogP contribution in [0.2, 0.25) is 0 Å². The van der Waals surface area contributed by atoms with E-state index >= 15 is 0 Å². The van der Waals surface area contributed by atoms with E-state index in [-0.39, 0.29) is 5.91 Å². The third-order valence-corrected chi connectivity index (χ3v) is 5.53. The lowest BCUT2D eigenvalue weighted by Gasteiger charge is -2.36. The summed E-state index contributed by atoms with van der Waals surface area (Å²) in [5.41, 5.74) is 0. The fraction of sp³-hybridized carbons (Fsp3) is 0.722. The van der Waals surface area contributed by atoms with E-state index in [2.05, 4.69) is 36.0 Å². The van der Waals surface area contributed by atoms with Crippen molar-refractivity contribution < 1.29 is 9.21 Å². The van der Waals surface area contributed by atoms with Gasteiger partial charge in [0.2, 0.25) is 5.91 Å². The zero-order valence-electron chi connectivity index (χ0n) is 14.8. The third-order valence-electron chi connectivity index (χ3n) is 5.53. The van der Waals surface area contributed by atoms with Crippen LogP contribution < -0.4 is 0 Å². The first kappa shape index (κ1) is 16.5. The minimum Gasteiger partial charge on any atom is -0.466 e. The fourth-order valence-electron chi connectivity index (χ4n) is 4.12. The Hall–Kier alpha value is -1.33. The molecule has 0 unspecified atom stereocenters. The highest BCUT2D eigenvalue weighted by atomic mass is 16.3. The van der Waals surface area contributed by atoms with Crippen molar-refractivity contribution in [1.82, 2.24) is 14.7 Å². The molecule has 5 heteroatoms. The number of likely N-dealkylation sites (N-methyl/N-ethyl adjacent to an activating group) is 1. The molecule has 3 heterocycles. The van der Waals surface area contributed by atoms with Gasteiger partial charge in [0.25, 0.3) is 0 Å². The number of furan rings is 1. The molecule has 23 heavy (non-hydrogen) atoms. The summed E-state index contributed by atoms with van der Waals surface area (Å²) >= 11 is 0. The lowest BCUT2D eigenvalue weighted by atomic mass is 10.00. The van der Waals surface area contributed by atoms with E-state index in [0.717, 1.165) is 50.5 Å². The van der Waals surface area contributed by atoms with E-state index in [1.54, 1.807) is 6.92 Å². The first-order valence-electron chi connectivity index (χ1n) is 8.68. The Bertz CT molecular complexity index is 546. The summed E-state index contributed by atoms with van der Waals surface area (Å²) in [6, 6.07) is 5.29. The molecule has 0 N–H and O–H groups in total. The van der Waals surface area contributed by atoms with E-state index in [0.29, 0.717) is 18.0 Å². The summed E-state index contributed by atoms with van der Waals surface area (Å²) in [7, 11) is 4.32. The maximum absolute atomic E-state index is 11.5. The fourth-order valence-corrected chi connectivity index (χ4v) is 4.12. The van der Waals surface area contributed by atoms with Gasteiger partial charge in [-0.3, -0.25) is 9.69 Å². The number of nitrogens with zero attached hydrogens (tertiary/aromatic N) is 3. The minimum atomic E-state index is 0.208. The highest BCUT2D eigenvalue weighted by Gasteiger charge is 2.40. The Labute approximate surface area is 139 Å². The van der Waals surface area contributed by atoms with Gasteiger partial charge >= 0.3 is 0 Å². The molecule has 2 aliphatic rings. The van der Waals surface area contributed by atoms with E-state index in [4.69, 9.17) is 4.42 Å². The number of aryl methyl sites for hydroxylation is 1. The number of rotatable bonds is 3. The lowest BCUT2D eigenvalue weighted by Crippen LogP contribution is -2.46. The van der Waals surface area contributed by atoms with E-state index in [1.807, 2.05) is 11.8 Å². The van der Waals surface area contributed by atoms with Gasteiger partial charge in [-0.2, -0.15) is 0 Å². The van der Waals surface area contributed by atoms with Gasteiger partial charge in [-0.15, -0.1) is 0 Å². The number of piperidine rings is 1. The van der Waals surface area contributed by atoms with Crippen molar-refractivity contribution in [3.63, 3.8) is 0 Å². The molecule has 0 radical (unpaired) electrons. The van der Waals surface area contributed by atoms with Crippen molar-refractivity contribution >= 4 is 5.91 Å². The first-order chi connectivity index (χ1) is 11.0. The predicted octanol–water partition coefficient (Wildman–Crippen LogP) is 1.93. The van der Waals surface area contributed by atoms with Crippen LogP contribution in [0.1, 0.15) is 37.2 Å². The summed E-state index contributed by atoms with van der Waals surface area (Å²) in [4.78, 5) is 18.4. The summed E-state index contributed by atoms with van der Waals surface area (Å²) < 4.78 is 5.93. The number of amides is 1. The molecule has 0 saturated carbocycles. The van der Waals surface area contributed by atoms with Crippen molar-refractivity contribution in [2.45, 2.75) is 44.7 Å². The molecule has 1 amide bonds. The Morgan fingerprint density at radius 1 is 1.22 bits per heavy atom. The lowest BCUT2D eigenvalue weighted by molar-refractivity contribution is -0.130. The van der Waals surface area contributed by atoms with Crippen LogP contribution in [0.15, 0.2) is 16.5 Å². The van der Waals surface area contributed by atoms with Crippen LogP contribution in [0.25, 0.3) is 0 Å². The Morgan fingerprint density at radius 2 is 1.91 bits per heavy atom. The van der Waals surface area contributed by atoms with Crippen molar-refractivity contribution in [3.8, 4) is 0 Å². The average molecular weight is 319 g/mol. The van der Waals surface area contributed by atoms with E-state index in [1.165, 1.54) is 0 Å². The summed E-state index contributed by atoms with van der Waals surface area (Å²) in [6.45, 7) is 7.62. The highest BCUT2D eigenvalue weighted by molar-refractivity contribution is 5.73. The monoisotopic (exact) mass is 319 g/mol. The molecule has 2 atom stereocenters. The summed E-state index contributed by atoms with van der Waals surface area (Å²) in [6.07, 6.45) is 2.17. The molecule has 0 bridgehead atoms. The molecule has 1 aromatic rings. The van der Waals surface area contributed by atoms with Gasteiger partial charge in [-0.25, -0.2) is 0 Å². The van der Waals surface area contributed by atoms with Crippen LogP contribution >= 0.6 is 0 Å². The molecule has 0 aromatic carbocycles. The standard InChI is InChI=1S/C18H29N3O2/c1-13-5-6-18(23-13)16-11-21(12-17(16)19(3)4)15-7-9-20(10-8-15)14(2)22/h5-6,15-17H,7-12H2,1-4H3/t16-,17-/m1/s1. The molecular formula is C18H29N3O2. The van der Waals surface area contributed by atoms with Gasteiger partial charge < -0.3 is 14.2 Å². The normalized spacial score (nSPS) is 27.1. The predicted molar refractivity (Wildman–Crippen MR) is 90.5 cm³/mol. The second-order valence-electron chi connectivity index (χ2n) is 7.28. The van der Waals surface area contributed by atoms with Gasteiger partial charge in [0.1, 0.15) is 11.5 Å². The Balaban J connectivity index is 1.67. The number of hydrogen-bond donors (Lipinski definition) is 0. The number of carbonyl (C=O) groups excluding carboxylic acids is 1. The molecule has 1 aromatic heterocycles. The van der Waals surface area contributed by atoms with Crippen LogP contribution in [0.5, 0.6) is 0 Å². The molecular weight excluding hydrogens is 290 g/mol. The zero-order valence-corrected chi connectivity index (χ0v) is 14.8. The van der Waals surface area contributed by atoms with Crippen LogP contribution in [0.3, 0.4) is 0 Å². The van der Waals surface area contributed by atoms with Gasteiger partial charge in [-0.1, -0.05) is 0 Å². The second-order valence-corrected chi connectivity index (χ2v) is 7.28. The van der Waals surface area contributed by atoms with Gasteiger partial charge in [0, 0.05) is 51.1 Å². The molecule has 3 rings (SSSR count). The molecule has 5 nitrogen and oxygen atoms in total. The highest BCUT2D eigenvalue weighted by Crippen LogP contribution is 2.34. The van der Waals surface area contributed by atoms with Crippen molar-refractivity contribution in [2.24, 2.45) is 0 Å². The molecule has 0 aliphatic carbocycles. The third kappa shape index (κ3) is 3.45. The van der Waals surface area contributed by atoms with Crippen LogP contribution in [-0.2, 0) is 4.79 Å². The first-order valence-corrected chi connectivity index (χ1v) is 8.68. The average Bonchev–Trinajstić information content (AvgIpc) is 3.13. The van der Waals surface area contributed by atoms with Gasteiger partial charge in [0.05, 0.1) is 0 Å². The van der Waals surface area contributed by atoms with Crippen LogP contribution in [0, 0.1) is 6.92 Å². The zero-order chi connectivity index (χ0) is 16.6. The molecule has 0 spiro atoms. The van der Waals surface area contributed by atoms with Crippen molar-refractivity contribution in [3.05, 3.63) is 23.7 Å². The summed E-state index contributed by atoms with van der Waals surface area (Å²) in [5, 5.41) is 0. The largest absolute Gasteiger partial charge is 0.466 e. The number of carbonyl (C=O) groups is 1. The molecule has 2 aliphatic heterocycles. The van der Waals surface area contributed by atoms with E-state index in [9.17, 15) is 4.79 Å². The van der Waals surface area contributed by atoms with Crippen molar-refractivity contribution in [1.29, 1.82) is 0 Å². The second kappa shape index (κ2) is 6.65. The van der Waals surface area contributed by atoms with Gasteiger partial charge in [-0.05, 0) is 46.0 Å². The van der Waals surface area contributed by atoms with Crippen LogP contribution in [-0.4, -0.2) is 73.0 Å². The maximum Gasteiger partial charge on any atom is 0.219 e. The number of hydrogen-bond acceptors (Lipinski definition) is 4. The topological polar surface area (TPSA) is 39.9 Å². The number of likely N-dealkylation sites (tertiary alicyclic amines) is 2. The smallest absolute Gasteiger partial charge is 0.219 e. The summed E-state index contributed by atoms with van der Waals surface area (Å²) in [5.74, 6) is 2.75.